The summed E-state index contributed by atoms with van der Waals surface area (Å²) < 4.78 is 68.8. The number of hydrogen-bond donors (Lipinski definition) is 5. The lowest BCUT2D eigenvalue weighted by Gasteiger charge is -2.14. The van der Waals surface area contributed by atoms with E-state index in [2.05, 4.69) is 36.3 Å². The average Bonchev–Trinajstić information content (AvgIpc) is 3.76. The SMILES string of the molecule is CCc1cc(Nc2nccn3c(-c4cn(CC(F)F)nc4C(F)(F)F)cnc23)ccc1C(=O)NCC(=O)N[C@@H]1CCNC1.O=CO. The van der Waals surface area contributed by atoms with Crippen LogP contribution >= 0.6 is 0 Å². The Kier molecular flexibility index (Phi) is 10.8. The van der Waals surface area contributed by atoms with Gasteiger partial charge in [0.2, 0.25) is 5.91 Å². The fraction of sp³-hybridized carbons (Fsp3) is 0.357. The molecule has 0 bridgehead atoms. The van der Waals surface area contributed by atoms with Crippen molar-refractivity contribution >= 4 is 35.4 Å². The maximum absolute atomic E-state index is 13.7. The molecule has 246 valence electrons. The van der Waals surface area contributed by atoms with Crippen molar-refractivity contribution in [3.05, 3.63) is 59.8 Å². The third-order valence-electron chi connectivity index (χ3n) is 6.89. The Bertz CT molecular complexity index is 1680. The van der Waals surface area contributed by atoms with E-state index in [9.17, 15) is 31.5 Å². The molecule has 1 aromatic carbocycles. The quantitative estimate of drug-likeness (QED) is 0.128. The molecule has 0 radical (unpaired) electrons. The molecule has 0 saturated carbocycles. The first-order chi connectivity index (χ1) is 21.9. The Morgan fingerprint density at radius 1 is 1.24 bits per heavy atom. The molecule has 0 aliphatic carbocycles. The first kappa shape index (κ1) is 33.8. The van der Waals surface area contributed by atoms with Crippen molar-refractivity contribution in [2.75, 3.05) is 25.0 Å². The van der Waals surface area contributed by atoms with Gasteiger partial charge in [0.25, 0.3) is 18.8 Å². The maximum Gasteiger partial charge on any atom is 0.435 e. The van der Waals surface area contributed by atoms with Crippen LogP contribution in [-0.2, 0) is 28.7 Å². The average molecular weight is 652 g/mol. The fourth-order valence-electron chi connectivity index (χ4n) is 4.89. The molecule has 0 unspecified atom stereocenters. The van der Waals surface area contributed by atoms with Crippen LogP contribution in [0.15, 0.2) is 43.0 Å². The molecule has 0 spiro atoms. The number of aryl methyl sites for hydroxylation is 1. The summed E-state index contributed by atoms with van der Waals surface area (Å²) in [5, 5.41) is 22.0. The Morgan fingerprint density at radius 3 is 2.65 bits per heavy atom. The van der Waals surface area contributed by atoms with E-state index < -0.39 is 36.3 Å². The molecule has 13 nitrogen and oxygen atoms in total. The van der Waals surface area contributed by atoms with Crippen molar-refractivity contribution in [3.8, 4) is 11.3 Å². The Labute approximate surface area is 258 Å². The van der Waals surface area contributed by atoms with Gasteiger partial charge in [-0.05, 0) is 43.1 Å². The number of aromatic nitrogens is 5. The maximum atomic E-state index is 13.7. The molecule has 1 atom stereocenters. The van der Waals surface area contributed by atoms with Crippen LogP contribution in [0.1, 0.15) is 35.0 Å². The number of nitrogens with zero attached hydrogens (tertiary/aromatic N) is 5. The first-order valence-electron chi connectivity index (χ1n) is 14.0. The highest BCUT2D eigenvalue weighted by Gasteiger charge is 2.38. The highest BCUT2D eigenvalue weighted by atomic mass is 19.4. The number of imidazole rings is 1. The number of nitrogens with one attached hydrogen (secondary N) is 4. The summed E-state index contributed by atoms with van der Waals surface area (Å²) in [6.45, 7) is 1.98. The second kappa shape index (κ2) is 14.8. The van der Waals surface area contributed by atoms with Gasteiger partial charge in [-0.2, -0.15) is 18.3 Å². The molecule has 46 heavy (non-hydrogen) atoms. The van der Waals surface area contributed by atoms with Gasteiger partial charge in [0.05, 0.1) is 24.0 Å². The molecule has 18 heteroatoms. The number of amides is 2. The highest BCUT2D eigenvalue weighted by molar-refractivity contribution is 5.98. The summed E-state index contributed by atoms with van der Waals surface area (Å²) in [6, 6.07) is 4.99. The fourth-order valence-corrected chi connectivity index (χ4v) is 4.89. The second-order valence-corrected chi connectivity index (χ2v) is 10.0. The number of carbonyl (C=O) groups is 3. The van der Waals surface area contributed by atoms with Crippen LogP contribution in [0.25, 0.3) is 16.9 Å². The monoisotopic (exact) mass is 651 g/mol. The minimum absolute atomic E-state index is 0.0113. The normalized spacial score (nSPS) is 14.5. The second-order valence-electron chi connectivity index (χ2n) is 10.0. The number of carbonyl (C=O) groups excluding carboxylic acids is 2. The van der Waals surface area contributed by atoms with Crippen LogP contribution in [0, 0.1) is 0 Å². The molecule has 4 heterocycles. The van der Waals surface area contributed by atoms with Crippen LogP contribution in [0.2, 0.25) is 0 Å². The van der Waals surface area contributed by atoms with E-state index >= 15 is 0 Å². The van der Waals surface area contributed by atoms with E-state index in [0.29, 0.717) is 34.5 Å². The van der Waals surface area contributed by atoms with Gasteiger partial charge in [-0.25, -0.2) is 18.7 Å². The molecule has 4 aromatic rings. The number of alkyl halides is 5. The number of carboxylic acid groups (broad SMARTS) is 1. The lowest BCUT2D eigenvalue weighted by atomic mass is 10.0. The highest BCUT2D eigenvalue weighted by Crippen LogP contribution is 2.37. The largest absolute Gasteiger partial charge is 0.483 e. The van der Waals surface area contributed by atoms with E-state index in [1.54, 1.807) is 18.2 Å². The van der Waals surface area contributed by atoms with E-state index in [4.69, 9.17) is 9.90 Å². The van der Waals surface area contributed by atoms with E-state index in [1.807, 2.05) is 6.92 Å². The molecule has 1 saturated heterocycles. The molecule has 5 rings (SSSR count). The lowest BCUT2D eigenvalue weighted by Crippen LogP contribution is -2.42. The molecule has 1 aliphatic rings. The van der Waals surface area contributed by atoms with Gasteiger partial charge in [0.15, 0.2) is 17.2 Å². The molecule has 2 amide bonds. The van der Waals surface area contributed by atoms with Crippen LogP contribution in [0.4, 0.5) is 33.5 Å². The van der Waals surface area contributed by atoms with Crippen LogP contribution in [0.3, 0.4) is 0 Å². The predicted octanol–water partition coefficient (Wildman–Crippen LogP) is 3.09. The number of benzene rings is 1. The van der Waals surface area contributed by atoms with Crippen molar-refractivity contribution in [1.82, 2.24) is 40.1 Å². The van der Waals surface area contributed by atoms with E-state index in [1.165, 1.54) is 23.0 Å². The van der Waals surface area contributed by atoms with Gasteiger partial charge < -0.3 is 26.4 Å². The van der Waals surface area contributed by atoms with Crippen molar-refractivity contribution in [2.45, 2.75) is 45.0 Å². The Hall–Kier alpha value is -5.13. The summed E-state index contributed by atoms with van der Waals surface area (Å²) in [4.78, 5) is 41.9. The predicted molar refractivity (Wildman–Crippen MR) is 155 cm³/mol. The summed E-state index contributed by atoms with van der Waals surface area (Å²) >= 11 is 0. The third kappa shape index (κ3) is 8.12. The first-order valence-corrected chi connectivity index (χ1v) is 14.0. The van der Waals surface area contributed by atoms with Crippen LogP contribution in [-0.4, -0.2) is 79.6 Å². The molecular weight excluding hydrogens is 621 g/mol. The summed E-state index contributed by atoms with van der Waals surface area (Å²) in [7, 11) is 0. The van der Waals surface area contributed by atoms with Gasteiger partial charge in [0.1, 0.15) is 6.54 Å². The zero-order chi connectivity index (χ0) is 33.4. The summed E-state index contributed by atoms with van der Waals surface area (Å²) in [5.74, 6) is -0.478. The van der Waals surface area contributed by atoms with Gasteiger partial charge in [0, 0.05) is 42.4 Å². The molecule has 1 fully saturated rings. The van der Waals surface area contributed by atoms with Crippen LogP contribution in [0.5, 0.6) is 0 Å². The lowest BCUT2D eigenvalue weighted by molar-refractivity contribution is -0.141. The number of hydrogen-bond acceptors (Lipinski definition) is 8. The summed E-state index contributed by atoms with van der Waals surface area (Å²) in [5.41, 5.74) is 0.0492. The Balaban J connectivity index is 0.00000154. The van der Waals surface area contributed by atoms with Crippen molar-refractivity contribution in [2.24, 2.45) is 0 Å². The molecule has 5 N–H and O–H groups in total. The Morgan fingerprint density at radius 2 is 2.00 bits per heavy atom. The smallest absolute Gasteiger partial charge is 0.435 e. The minimum atomic E-state index is -4.89. The van der Waals surface area contributed by atoms with Crippen molar-refractivity contribution < 1.29 is 41.4 Å². The van der Waals surface area contributed by atoms with E-state index in [-0.39, 0.29) is 42.1 Å². The summed E-state index contributed by atoms with van der Waals surface area (Å²) in [6.07, 6.45) is -1.60. The van der Waals surface area contributed by atoms with Gasteiger partial charge in [-0.1, -0.05) is 6.92 Å². The van der Waals surface area contributed by atoms with Gasteiger partial charge in [-0.3, -0.25) is 23.5 Å². The van der Waals surface area contributed by atoms with E-state index in [0.717, 1.165) is 19.2 Å². The molecule has 1 aliphatic heterocycles. The number of fused-ring (bicyclic) bond motifs is 1. The zero-order valence-corrected chi connectivity index (χ0v) is 24.3. The topological polar surface area (TPSA) is 168 Å². The molecule has 3 aromatic heterocycles. The van der Waals surface area contributed by atoms with Crippen molar-refractivity contribution in [1.29, 1.82) is 0 Å². The standard InChI is InChI=1S/C27H28F5N9O2.CH2O2/c1-2-15-9-16(3-4-18(15)26(43)36-12-22(42)37-17-5-6-33-10-17)38-24-25-35-11-20(41(25)8-7-34-24)19-13-40(14-21(28)29)39-23(19)27(30,31)32;2-1-3/h3-4,7-9,11,13,17,21,33H,2,5-6,10,12,14H2,1H3,(H,34,38)(H,36,43)(H,37,42);1H,(H,2,3)/t17-;/m1./s1. The number of anilines is 2. The zero-order valence-electron chi connectivity index (χ0n) is 24.3. The van der Waals surface area contributed by atoms with Gasteiger partial charge in [-0.15, -0.1) is 0 Å². The third-order valence-corrected chi connectivity index (χ3v) is 6.89. The molecular formula is C28H30F5N9O4. The number of rotatable bonds is 10. The van der Waals surface area contributed by atoms with Gasteiger partial charge >= 0.3 is 6.18 Å². The van der Waals surface area contributed by atoms with Crippen molar-refractivity contribution in [3.63, 3.8) is 0 Å². The van der Waals surface area contributed by atoms with Crippen LogP contribution < -0.4 is 21.3 Å². The minimum Gasteiger partial charge on any atom is -0.483 e. The number of halogens is 5.